The van der Waals surface area contributed by atoms with Gasteiger partial charge in [0.25, 0.3) is 0 Å². The van der Waals surface area contributed by atoms with Gasteiger partial charge in [0, 0.05) is 29.7 Å². The van der Waals surface area contributed by atoms with Crippen LogP contribution in [-0.2, 0) is 11.3 Å². The number of fused-ring (bicyclic) bond motifs is 1. The Labute approximate surface area is 185 Å². The largest absolute Gasteiger partial charge is 0.368 e. The van der Waals surface area contributed by atoms with E-state index in [-0.39, 0.29) is 17.4 Å². The molecule has 0 aliphatic heterocycles. The number of pyridine rings is 1. The summed E-state index contributed by atoms with van der Waals surface area (Å²) in [6.07, 6.45) is 3.85. The second kappa shape index (κ2) is 9.00. The number of nitrogens with two attached hydrogens (primary N) is 1. The van der Waals surface area contributed by atoms with Crippen molar-refractivity contribution in [3.8, 4) is 11.1 Å². The van der Waals surface area contributed by atoms with E-state index in [9.17, 15) is 8.78 Å². The highest BCUT2D eigenvalue weighted by atomic mass is 19.1. The molecule has 1 aliphatic carbocycles. The predicted molar refractivity (Wildman–Crippen MR) is 119 cm³/mol. The van der Waals surface area contributed by atoms with Crippen LogP contribution in [0, 0.1) is 24.6 Å². The number of hydrogen-bond donors (Lipinski definition) is 2. The van der Waals surface area contributed by atoms with Crippen LogP contribution in [0.1, 0.15) is 42.3 Å². The van der Waals surface area contributed by atoms with Gasteiger partial charge in [-0.15, -0.1) is 0 Å². The van der Waals surface area contributed by atoms with Gasteiger partial charge in [-0.05, 0) is 48.2 Å². The van der Waals surface area contributed by atoms with E-state index in [1.54, 1.807) is 18.2 Å². The summed E-state index contributed by atoms with van der Waals surface area (Å²) in [5.74, 6) is -0.810. The van der Waals surface area contributed by atoms with Gasteiger partial charge in [-0.3, -0.25) is 10.3 Å². The molecule has 0 fully saturated rings. The van der Waals surface area contributed by atoms with E-state index >= 15 is 0 Å². The number of aromatic nitrogens is 3. The molecule has 0 radical (unpaired) electrons. The van der Waals surface area contributed by atoms with Gasteiger partial charge in [-0.1, -0.05) is 26.0 Å². The van der Waals surface area contributed by atoms with Crippen LogP contribution in [-0.4, -0.2) is 21.6 Å². The van der Waals surface area contributed by atoms with Gasteiger partial charge in [0.2, 0.25) is 11.9 Å². The minimum atomic E-state index is -0.652. The Balaban J connectivity index is 1.81. The molecule has 1 aromatic carbocycles. The van der Waals surface area contributed by atoms with Crippen molar-refractivity contribution in [2.75, 3.05) is 12.3 Å². The van der Waals surface area contributed by atoms with Crippen molar-refractivity contribution in [1.82, 2.24) is 20.4 Å². The molecule has 8 heteroatoms. The van der Waals surface area contributed by atoms with Crippen LogP contribution >= 0.6 is 0 Å². The molecule has 166 valence electrons. The van der Waals surface area contributed by atoms with E-state index in [0.29, 0.717) is 30.2 Å². The van der Waals surface area contributed by atoms with Crippen molar-refractivity contribution in [2.24, 2.45) is 5.92 Å². The molecule has 1 aliphatic rings. The number of halogens is 2. The fourth-order valence-electron chi connectivity index (χ4n) is 3.95. The van der Waals surface area contributed by atoms with Crippen LogP contribution in [0.3, 0.4) is 0 Å². The van der Waals surface area contributed by atoms with Gasteiger partial charge >= 0.3 is 0 Å². The van der Waals surface area contributed by atoms with E-state index in [2.05, 4.69) is 34.3 Å². The molecule has 0 saturated heterocycles. The molecule has 1 unspecified atom stereocenters. The maximum absolute atomic E-state index is 14.5. The Kier molecular flexibility index (Phi) is 6.14. The molecule has 2 aromatic heterocycles. The van der Waals surface area contributed by atoms with Crippen LogP contribution in [0.4, 0.5) is 14.7 Å². The van der Waals surface area contributed by atoms with E-state index in [1.165, 1.54) is 18.3 Å². The van der Waals surface area contributed by atoms with E-state index in [4.69, 9.17) is 10.6 Å². The van der Waals surface area contributed by atoms with E-state index < -0.39 is 11.8 Å². The minimum Gasteiger partial charge on any atom is -0.368 e. The van der Waals surface area contributed by atoms with Crippen LogP contribution in [0.5, 0.6) is 0 Å². The first kappa shape index (κ1) is 21.8. The summed E-state index contributed by atoms with van der Waals surface area (Å²) in [5, 5.41) is 0. The van der Waals surface area contributed by atoms with Crippen molar-refractivity contribution < 1.29 is 13.6 Å². The summed E-state index contributed by atoms with van der Waals surface area (Å²) in [4.78, 5) is 18.1. The zero-order valence-corrected chi connectivity index (χ0v) is 18.2. The first-order chi connectivity index (χ1) is 15.3. The number of nitrogen functional groups attached to an aromatic ring is 1. The maximum atomic E-state index is 14.5. The predicted octanol–water partition coefficient (Wildman–Crippen LogP) is 4.57. The van der Waals surface area contributed by atoms with Crippen molar-refractivity contribution in [2.45, 2.75) is 33.1 Å². The average Bonchev–Trinajstić information content (AvgIpc) is 2.73. The first-order valence-corrected chi connectivity index (χ1v) is 10.5. The lowest BCUT2D eigenvalue weighted by molar-refractivity contribution is 0.0575. The Morgan fingerprint density at radius 2 is 2.00 bits per heavy atom. The number of allylic oxidation sites excluding steroid dienone is 1. The number of benzene rings is 1. The highest BCUT2D eigenvalue weighted by molar-refractivity contribution is 5.74. The zero-order valence-electron chi connectivity index (χ0n) is 18.2. The second-order valence-electron chi connectivity index (χ2n) is 8.26. The number of hydroxylamine groups is 1. The lowest BCUT2D eigenvalue weighted by atomic mass is 9.82. The van der Waals surface area contributed by atoms with Crippen LogP contribution in [0.15, 0.2) is 42.6 Å². The van der Waals surface area contributed by atoms with Gasteiger partial charge in [0.05, 0.1) is 23.7 Å². The molecule has 4 rings (SSSR count). The molecule has 0 bridgehead atoms. The van der Waals surface area contributed by atoms with Gasteiger partial charge in [-0.2, -0.15) is 4.39 Å². The van der Waals surface area contributed by atoms with Crippen molar-refractivity contribution in [1.29, 1.82) is 0 Å². The smallest absolute Gasteiger partial charge is 0.220 e. The number of rotatable bonds is 6. The summed E-state index contributed by atoms with van der Waals surface area (Å²) >= 11 is 0. The standard InChI is InChI=1S/C24H25F2N5O/c1-13(2)12-32-31-21-10-15(9-20-22(21)14(3)29-24(27)30-20)17-7-6-16(25)11-19(17)18-5-4-8-28-23(18)26/h4-8,10-11,13,15,31H,9,12H2,1-3H3,(H2,27,29,30). The Morgan fingerprint density at radius 3 is 2.75 bits per heavy atom. The Bertz CT molecular complexity index is 1180. The molecule has 0 spiro atoms. The van der Waals surface area contributed by atoms with Crippen molar-refractivity contribution in [3.05, 3.63) is 76.9 Å². The van der Waals surface area contributed by atoms with Gasteiger partial charge < -0.3 is 5.73 Å². The topological polar surface area (TPSA) is 86.0 Å². The van der Waals surface area contributed by atoms with Gasteiger partial charge in [-0.25, -0.2) is 19.3 Å². The third-order valence-electron chi connectivity index (χ3n) is 5.30. The molecule has 32 heavy (non-hydrogen) atoms. The quantitative estimate of drug-likeness (QED) is 0.434. The third kappa shape index (κ3) is 4.45. The summed E-state index contributed by atoms with van der Waals surface area (Å²) in [6.45, 7) is 6.48. The molecule has 3 aromatic rings. The molecule has 2 heterocycles. The maximum Gasteiger partial charge on any atom is 0.220 e. The summed E-state index contributed by atoms with van der Waals surface area (Å²) < 4.78 is 28.7. The third-order valence-corrected chi connectivity index (χ3v) is 5.30. The molecule has 0 saturated carbocycles. The number of nitrogens with one attached hydrogen (secondary N) is 1. The lowest BCUT2D eigenvalue weighted by Gasteiger charge is -2.27. The normalized spacial score (nSPS) is 15.4. The lowest BCUT2D eigenvalue weighted by Crippen LogP contribution is -2.24. The van der Waals surface area contributed by atoms with Crippen LogP contribution < -0.4 is 11.2 Å². The van der Waals surface area contributed by atoms with Gasteiger partial charge in [0.15, 0.2) is 0 Å². The number of aryl methyl sites for hydroxylation is 1. The Morgan fingerprint density at radius 1 is 1.19 bits per heavy atom. The van der Waals surface area contributed by atoms with Crippen molar-refractivity contribution >= 4 is 11.6 Å². The number of anilines is 1. The fraction of sp³-hybridized carbons (Fsp3) is 0.292. The minimum absolute atomic E-state index is 0.182. The molecule has 0 amide bonds. The number of hydrogen-bond acceptors (Lipinski definition) is 6. The van der Waals surface area contributed by atoms with Gasteiger partial charge in [0.1, 0.15) is 5.82 Å². The molecule has 6 nitrogen and oxygen atoms in total. The molecule has 3 N–H and O–H groups in total. The zero-order chi connectivity index (χ0) is 22.8. The molecule has 1 atom stereocenters. The fourth-order valence-corrected chi connectivity index (χ4v) is 3.95. The monoisotopic (exact) mass is 437 g/mol. The molecular weight excluding hydrogens is 412 g/mol. The first-order valence-electron chi connectivity index (χ1n) is 10.5. The molecular formula is C24H25F2N5O. The highest BCUT2D eigenvalue weighted by Gasteiger charge is 2.27. The highest BCUT2D eigenvalue weighted by Crippen LogP contribution is 2.39. The van der Waals surface area contributed by atoms with E-state index in [0.717, 1.165) is 22.5 Å². The van der Waals surface area contributed by atoms with Crippen LogP contribution in [0.2, 0.25) is 0 Å². The second-order valence-corrected chi connectivity index (χ2v) is 8.26. The SMILES string of the molecule is Cc1nc(N)nc2c1C(NOCC(C)C)=CC(c1ccc(F)cc1-c1cccnc1F)C2. The summed E-state index contributed by atoms with van der Waals surface area (Å²) in [6, 6.07) is 7.60. The summed E-state index contributed by atoms with van der Waals surface area (Å²) in [5.41, 5.74) is 13.4. The van der Waals surface area contributed by atoms with E-state index in [1.807, 2.05) is 13.0 Å². The number of nitrogens with zero attached hydrogens (tertiary/aromatic N) is 3. The average molecular weight is 437 g/mol. The van der Waals surface area contributed by atoms with Crippen LogP contribution in [0.25, 0.3) is 16.8 Å². The van der Waals surface area contributed by atoms with Crippen molar-refractivity contribution in [3.63, 3.8) is 0 Å². The summed E-state index contributed by atoms with van der Waals surface area (Å²) in [7, 11) is 0. The Hall–Kier alpha value is -3.39.